The Balaban J connectivity index is 1.32. The third kappa shape index (κ3) is 3.18. The quantitative estimate of drug-likeness (QED) is 0.742. The Kier molecular flexibility index (Phi) is 2.98. The molecule has 0 unspecified atom stereocenters. The minimum atomic E-state index is 0.898. The van der Waals surface area contributed by atoms with Gasteiger partial charge < -0.3 is 10.2 Å². The van der Waals surface area contributed by atoms with Crippen molar-refractivity contribution in [3.8, 4) is 0 Å². The van der Waals surface area contributed by atoms with Gasteiger partial charge in [0.25, 0.3) is 0 Å². The van der Waals surface area contributed by atoms with Crippen molar-refractivity contribution >= 4 is 0 Å². The lowest BCUT2D eigenvalue weighted by molar-refractivity contribution is 0.176. The average Bonchev–Trinajstić information content (AvgIpc) is 3.12. The van der Waals surface area contributed by atoms with E-state index >= 15 is 0 Å². The summed E-state index contributed by atoms with van der Waals surface area (Å²) in [5, 5.41) is 3.68. The summed E-state index contributed by atoms with van der Waals surface area (Å²) in [7, 11) is 0. The van der Waals surface area contributed by atoms with Crippen LogP contribution in [0.1, 0.15) is 38.5 Å². The van der Waals surface area contributed by atoms with E-state index in [2.05, 4.69) is 10.2 Å². The third-order valence-corrected chi connectivity index (χ3v) is 4.19. The van der Waals surface area contributed by atoms with Gasteiger partial charge in [0.15, 0.2) is 0 Å². The lowest BCUT2D eigenvalue weighted by atomic mass is 9.96. The third-order valence-electron chi connectivity index (χ3n) is 4.19. The second kappa shape index (κ2) is 4.42. The van der Waals surface area contributed by atoms with Crippen molar-refractivity contribution < 1.29 is 0 Å². The van der Waals surface area contributed by atoms with Gasteiger partial charge in [-0.1, -0.05) is 0 Å². The maximum atomic E-state index is 3.68. The highest BCUT2D eigenvalue weighted by Crippen LogP contribution is 2.31. The van der Waals surface area contributed by atoms with Gasteiger partial charge in [-0.3, -0.25) is 0 Å². The van der Waals surface area contributed by atoms with Crippen LogP contribution in [-0.4, -0.2) is 37.1 Å². The van der Waals surface area contributed by atoms with Crippen LogP contribution in [0.3, 0.4) is 0 Å². The first-order chi connectivity index (χ1) is 7.40. The smallest absolute Gasteiger partial charge is 0.00683 e. The molecule has 3 fully saturated rings. The summed E-state index contributed by atoms with van der Waals surface area (Å²) in [4.78, 5) is 2.70. The molecule has 1 aliphatic heterocycles. The fourth-order valence-corrected chi connectivity index (χ4v) is 2.66. The zero-order valence-corrected chi connectivity index (χ0v) is 9.75. The molecule has 0 amide bonds. The fraction of sp³-hybridized carbons (Fsp3) is 1.00. The maximum absolute atomic E-state index is 3.68. The number of nitrogens with one attached hydrogen (secondary N) is 1. The topological polar surface area (TPSA) is 15.3 Å². The lowest BCUT2D eigenvalue weighted by Crippen LogP contribution is -2.38. The molecule has 2 heteroatoms. The minimum absolute atomic E-state index is 0.898. The molecular weight excluding hydrogens is 184 g/mol. The Hall–Kier alpha value is -0.0800. The number of hydrogen-bond donors (Lipinski definition) is 1. The molecule has 0 bridgehead atoms. The Morgan fingerprint density at radius 2 is 1.60 bits per heavy atom. The van der Waals surface area contributed by atoms with E-state index in [0.717, 1.165) is 17.9 Å². The van der Waals surface area contributed by atoms with E-state index in [1.807, 2.05) is 0 Å². The van der Waals surface area contributed by atoms with E-state index in [0.29, 0.717) is 0 Å². The first-order valence-electron chi connectivity index (χ1n) is 6.86. The molecule has 2 nitrogen and oxygen atoms in total. The first-order valence-corrected chi connectivity index (χ1v) is 6.86. The van der Waals surface area contributed by atoms with Crippen LogP contribution in [0.4, 0.5) is 0 Å². The van der Waals surface area contributed by atoms with E-state index in [1.54, 1.807) is 0 Å². The van der Waals surface area contributed by atoms with Crippen LogP contribution >= 0.6 is 0 Å². The van der Waals surface area contributed by atoms with Gasteiger partial charge in [-0.05, 0) is 70.0 Å². The van der Waals surface area contributed by atoms with Crippen LogP contribution in [-0.2, 0) is 0 Å². The first kappa shape index (κ1) is 10.1. The van der Waals surface area contributed by atoms with Gasteiger partial charge in [0.1, 0.15) is 0 Å². The summed E-state index contributed by atoms with van der Waals surface area (Å²) >= 11 is 0. The molecule has 0 aromatic rings. The predicted molar refractivity (Wildman–Crippen MR) is 62.9 cm³/mol. The molecule has 1 N–H and O–H groups in total. The summed E-state index contributed by atoms with van der Waals surface area (Å²) < 4.78 is 0. The Labute approximate surface area is 93.4 Å². The molecule has 1 saturated heterocycles. The molecule has 3 aliphatic rings. The van der Waals surface area contributed by atoms with Gasteiger partial charge in [0.05, 0.1) is 0 Å². The Morgan fingerprint density at radius 3 is 2.20 bits per heavy atom. The highest BCUT2D eigenvalue weighted by molar-refractivity contribution is 4.84. The van der Waals surface area contributed by atoms with Crippen molar-refractivity contribution in [3.63, 3.8) is 0 Å². The Morgan fingerprint density at radius 1 is 0.867 bits per heavy atom. The standard InChI is InChI=1S/C13H24N2/c1-2-12(1)10-15-7-5-11(6-8-15)9-14-13-3-4-13/h11-14H,1-10H2. The normalized spacial score (nSPS) is 29.6. The summed E-state index contributed by atoms with van der Waals surface area (Å²) in [6.07, 6.45) is 8.74. The van der Waals surface area contributed by atoms with E-state index in [1.165, 1.54) is 64.7 Å². The van der Waals surface area contributed by atoms with E-state index in [9.17, 15) is 0 Å². The highest BCUT2D eigenvalue weighted by Gasteiger charge is 2.28. The van der Waals surface area contributed by atoms with E-state index < -0.39 is 0 Å². The van der Waals surface area contributed by atoms with E-state index in [4.69, 9.17) is 0 Å². The monoisotopic (exact) mass is 208 g/mol. The second-order valence-electron chi connectivity index (χ2n) is 5.87. The summed E-state index contributed by atoms with van der Waals surface area (Å²) in [6, 6.07) is 0.898. The van der Waals surface area contributed by atoms with Crippen molar-refractivity contribution in [2.75, 3.05) is 26.2 Å². The summed E-state index contributed by atoms with van der Waals surface area (Å²) in [5.41, 5.74) is 0. The van der Waals surface area contributed by atoms with Gasteiger partial charge in [0.2, 0.25) is 0 Å². The van der Waals surface area contributed by atoms with Gasteiger partial charge in [0, 0.05) is 12.6 Å². The largest absolute Gasteiger partial charge is 0.314 e. The second-order valence-corrected chi connectivity index (χ2v) is 5.87. The number of rotatable bonds is 5. The maximum Gasteiger partial charge on any atom is 0.00683 e. The van der Waals surface area contributed by atoms with Crippen LogP contribution in [0.5, 0.6) is 0 Å². The van der Waals surface area contributed by atoms with Gasteiger partial charge in [-0.15, -0.1) is 0 Å². The molecule has 0 spiro atoms. The average molecular weight is 208 g/mol. The van der Waals surface area contributed by atoms with Crippen LogP contribution in [0.15, 0.2) is 0 Å². The molecule has 0 atom stereocenters. The van der Waals surface area contributed by atoms with Crippen molar-refractivity contribution in [3.05, 3.63) is 0 Å². The highest BCUT2D eigenvalue weighted by atomic mass is 15.1. The van der Waals surface area contributed by atoms with E-state index in [-0.39, 0.29) is 0 Å². The lowest BCUT2D eigenvalue weighted by Gasteiger charge is -2.32. The molecule has 15 heavy (non-hydrogen) atoms. The van der Waals surface area contributed by atoms with Crippen molar-refractivity contribution in [2.24, 2.45) is 11.8 Å². The molecule has 3 rings (SSSR count). The van der Waals surface area contributed by atoms with Crippen LogP contribution in [0, 0.1) is 11.8 Å². The van der Waals surface area contributed by atoms with Gasteiger partial charge in [-0.2, -0.15) is 0 Å². The molecule has 86 valence electrons. The SMILES string of the molecule is C1CN(CC2CC2)CCC1CNC1CC1. The van der Waals surface area contributed by atoms with Crippen LogP contribution in [0.25, 0.3) is 0 Å². The fourth-order valence-electron chi connectivity index (χ4n) is 2.66. The van der Waals surface area contributed by atoms with Crippen molar-refractivity contribution in [2.45, 2.75) is 44.6 Å². The van der Waals surface area contributed by atoms with Crippen molar-refractivity contribution in [1.29, 1.82) is 0 Å². The molecule has 0 radical (unpaired) electrons. The molecule has 1 heterocycles. The zero-order valence-electron chi connectivity index (χ0n) is 9.75. The minimum Gasteiger partial charge on any atom is -0.314 e. The van der Waals surface area contributed by atoms with Crippen molar-refractivity contribution in [1.82, 2.24) is 10.2 Å². The molecule has 0 aromatic heterocycles. The Bertz CT molecular complexity index is 201. The molecule has 2 aliphatic carbocycles. The molecule has 2 saturated carbocycles. The van der Waals surface area contributed by atoms with Gasteiger partial charge in [-0.25, -0.2) is 0 Å². The number of nitrogens with zero attached hydrogens (tertiary/aromatic N) is 1. The molecule has 0 aromatic carbocycles. The number of likely N-dealkylation sites (tertiary alicyclic amines) is 1. The molecular formula is C13H24N2. The summed E-state index contributed by atoms with van der Waals surface area (Å²) in [6.45, 7) is 5.44. The number of piperidine rings is 1. The van der Waals surface area contributed by atoms with Gasteiger partial charge >= 0.3 is 0 Å². The predicted octanol–water partition coefficient (Wildman–Crippen LogP) is 1.86. The van der Waals surface area contributed by atoms with Crippen LogP contribution in [0.2, 0.25) is 0 Å². The summed E-state index contributed by atoms with van der Waals surface area (Å²) in [5.74, 6) is 2.05. The van der Waals surface area contributed by atoms with Crippen LogP contribution < -0.4 is 5.32 Å². The zero-order chi connectivity index (χ0) is 10.1. The number of hydrogen-bond acceptors (Lipinski definition) is 2.